The molecule has 102 valence electrons. The van der Waals surface area contributed by atoms with Gasteiger partial charge in [0, 0.05) is 19.5 Å². The zero-order valence-electron chi connectivity index (χ0n) is 10.6. The highest BCUT2D eigenvalue weighted by Crippen LogP contribution is 2.21. The van der Waals surface area contributed by atoms with Crippen molar-refractivity contribution in [3.8, 4) is 0 Å². The normalized spacial score (nSPS) is 16.9. The number of benzene rings is 1. The molecule has 1 aromatic carbocycles. The number of carbonyl (C=O) groups excluding carboxylic acids is 1. The molecule has 0 saturated carbocycles. The lowest BCUT2D eigenvalue weighted by Crippen LogP contribution is -2.41. The number of rotatable bonds is 4. The Morgan fingerprint density at radius 3 is 2.42 bits per heavy atom. The van der Waals surface area contributed by atoms with E-state index in [1.807, 2.05) is 6.07 Å². The van der Waals surface area contributed by atoms with E-state index in [1.165, 1.54) is 0 Å². The monoisotopic (exact) mass is 263 g/mol. The Morgan fingerprint density at radius 1 is 1.21 bits per heavy atom. The molecule has 2 rings (SSSR count). The van der Waals surface area contributed by atoms with Crippen LogP contribution in [0.25, 0.3) is 0 Å². The van der Waals surface area contributed by atoms with Crippen LogP contribution in [0.5, 0.6) is 0 Å². The molecule has 0 aliphatic carbocycles. The molecule has 1 unspecified atom stereocenters. The van der Waals surface area contributed by atoms with E-state index in [1.54, 1.807) is 29.2 Å². The maximum Gasteiger partial charge on any atom is 0.311 e. The van der Waals surface area contributed by atoms with Crippen molar-refractivity contribution in [3.63, 3.8) is 0 Å². The molecule has 1 saturated heterocycles. The highest BCUT2D eigenvalue weighted by atomic mass is 16.5. The Kier molecular flexibility index (Phi) is 4.52. The Bertz CT molecular complexity index is 440. The number of nitrogens with zero attached hydrogens (tertiary/aromatic N) is 1. The molecule has 1 aliphatic heterocycles. The second-order valence-corrected chi connectivity index (χ2v) is 4.50. The molecule has 0 bridgehead atoms. The number of amides is 1. The summed E-state index contributed by atoms with van der Waals surface area (Å²) in [6.07, 6.45) is -0.000648. The molecule has 1 N–H and O–H groups in total. The molecule has 1 fully saturated rings. The third-order valence-electron chi connectivity index (χ3n) is 3.24. The molecule has 5 heteroatoms. The minimum atomic E-state index is -0.965. The maximum atomic E-state index is 12.1. The van der Waals surface area contributed by atoms with E-state index in [-0.39, 0.29) is 12.3 Å². The molecular weight excluding hydrogens is 246 g/mol. The summed E-state index contributed by atoms with van der Waals surface area (Å²) >= 11 is 0. The van der Waals surface area contributed by atoms with Crippen LogP contribution in [0.3, 0.4) is 0 Å². The van der Waals surface area contributed by atoms with Gasteiger partial charge in [-0.15, -0.1) is 0 Å². The van der Waals surface area contributed by atoms with Gasteiger partial charge < -0.3 is 14.7 Å². The van der Waals surface area contributed by atoms with Crippen LogP contribution in [0.4, 0.5) is 0 Å². The molecule has 1 atom stereocenters. The van der Waals surface area contributed by atoms with Crippen LogP contribution in [-0.2, 0) is 14.3 Å². The van der Waals surface area contributed by atoms with Crippen molar-refractivity contribution >= 4 is 11.9 Å². The number of hydrogen-bond acceptors (Lipinski definition) is 3. The van der Waals surface area contributed by atoms with Crippen LogP contribution in [0.1, 0.15) is 17.9 Å². The zero-order valence-corrected chi connectivity index (χ0v) is 10.6. The van der Waals surface area contributed by atoms with Crippen molar-refractivity contribution in [2.45, 2.75) is 12.3 Å². The van der Waals surface area contributed by atoms with E-state index >= 15 is 0 Å². The standard InChI is InChI=1S/C14H17NO4/c16-13(15-6-8-19-9-7-15)10-12(14(17)18)11-4-2-1-3-5-11/h1-5,12H,6-10H2,(H,17,18). The topological polar surface area (TPSA) is 66.8 Å². The predicted molar refractivity (Wildman–Crippen MR) is 68.8 cm³/mol. The molecule has 0 radical (unpaired) electrons. The summed E-state index contributed by atoms with van der Waals surface area (Å²) < 4.78 is 5.18. The van der Waals surface area contributed by atoms with Crippen molar-refractivity contribution in [1.82, 2.24) is 4.90 Å². The molecule has 19 heavy (non-hydrogen) atoms. The van der Waals surface area contributed by atoms with Gasteiger partial charge in [0.1, 0.15) is 0 Å². The summed E-state index contributed by atoms with van der Waals surface area (Å²) in [4.78, 5) is 25.1. The van der Waals surface area contributed by atoms with E-state index in [2.05, 4.69) is 0 Å². The van der Waals surface area contributed by atoms with Crippen molar-refractivity contribution < 1.29 is 19.4 Å². The minimum Gasteiger partial charge on any atom is -0.481 e. The summed E-state index contributed by atoms with van der Waals surface area (Å²) in [7, 11) is 0. The van der Waals surface area contributed by atoms with E-state index in [4.69, 9.17) is 4.74 Å². The number of carbonyl (C=O) groups is 2. The van der Waals surface area contributed by atoms with Crippen molar-refractivity contribution in [2.75, 3.05) is 26.3 Å². The number of aliphatic carboxylic acids is 1. The van der Waals surface area contributed by atoms with Crippen LogP contribution >= 0.6 is 0 Å². The van der Waals surface area contributed by atoms with E-state index in [9.17, 15) is 14.7 Å². The van der Waals surface area contributed by atoms with Crippen LogP contribution in [0, 0.1) is 0 Å². The Morgan fingerprint density at radius 2 is 1.84 bits per heavy atom. The fourth-order valence-electron chi connectivity index (χ4n) is 2.15. The van der Waals surface area contributed by atoms with E-state index in [0.717, 1.165) is 0 Å². The number of morpholine rings is 1. The molecule has 0 aromatic heterocycles. The molecule has 1 aliphatic rings. The molecule has 1 amide bonds. The van der Waals surface area contributed by atoms with Gasteiger partial charge in [-0.2, -0.15) is 0 Å². The van der Waals surface area contributed by atoms with Crippen LogP contribution in [0.15, 0.2) is 30.3 Å². The zero-order chi connectivity index (χ0) is 13.7. The minimum absolute atomic E-state index is 0.000648. The molecule has 1 aromatic rings. The average molecular weight is 263 g/mol. The molecular formula is C14H17NO4. The second kappa shape index (κ2) is 6.33. The van der Waals surface area contributed by atoms with Crippen LogP contribution in [-0.4, -0.2) is 48.2 Å². The van der Waals surface area contributed by atoms with Crippen molar-refractivity contribution in [3.05, 3.63) is 35.9 Å². The van der Waals surface area contributed by atoms with Crippen molar-refractivity contribution in [2.24, 2.45) is 0 Å². The van der Waals surface area contributed by atoms with Crippen LogP contribution in [0.2, 0.25) is 0 Å². The van der Waals surface area contributed by atoms with Gasteiger partial charge >= 0.3 is 5.97 Å². The third-order valence-corrected chi connectivity index (χ3v) is 3.24. The van der Waals surface area contributed by atoms with Crippen LogP contribution < -0.4 is 0 Å². The predicted octanol–water partition coefficient (Wildman–Crippen LogP) is 1.10. The van der Waals surface area contributed by atoms with Gasteiger partial charge in [0.2, 0.25) is 5.91 Å². The van der Waals surface area contributed by atoms with Gasteiger partial charge in [-0.3, -0.25) is 9.59 Å². The van der Waals surface area contributed by atoms with Gasteiger partial charge in [0.25, 0.3) is 0 Å². The van der Waals surface area contributed by atoms with E-state index in [0.29, 0.717) is 31.9 Å². The lowest BCUT2D eigenvalue weighted by atomic mass is 9.95. The average Bonchev–Trinajstić information content (AvgIpc) is 2.46. The van der Waals surface area contributed by atoms with Gasteiger partial charge in [0.05, 0.1) is 19.1 Å². The lowest BCUT2D eigenvalue weighted by Gasteiger charge is -2.27. The second-order valence-electron chi connectivity index (χ2n) is 4.50. The van der Waals surface area contributed by atoms with Gasteiger partial charge in [-0.1, -0.05) is 30.3 Å². The summed E-state index contributed by atoms with van der Waals surface area (Å²) in [6, 6.07) is 8.87. The first kappa shape index (κ1) is 13.5. The summed E-state index contributed by atoms with van der Waals surface area (Å²) in [5.74, 6) is -1.87. The lowest BCUT2D eigenvalue weighted by molar-refractivity contribution is -0.144. The maximum absolute atomic E-state index is 12.1. The number of ether oxygens (including phenoxy) is 1. The van der Waals surface area contributed by atoms with Gasteiger partial charge in [0.15, 0.2) is 0 Å². The fourth-order valence-corrected chi connectivity index (χ4v) is 2.15. The molecule has 5 nitrogen and oxygen atoms in total. The Labute approximate surface area is 111 Å². The number of carboxylic acids is 1. The first-order valence-electron chi connectivity index (χ1n) is 6.32. The molecule has 1 heterocycles. The summed E-state index contributed by atoms with van der Waals surface area (Å²) in [5.41, 5.74) is 0.664. The summed E-state index contributed by atoms with van der Waals surface area (Å²) in [6.45, 7) is 2.13. The third kappa shape index (κ3) is 3.54. The highest BCUT2D eigenvalue weighted by Gasteiger charge is 2.26. The Balaban J connectivity index is 2.04. The fraction of sp³-hybridized carbons (Fsp3) is 0.429. The quantitative estimate of drug-likeness (QED) is 0.883. The largest absolute Gasteiger partial charge is 0.481 e. The first-order valence-corrected chi connectivity index (χ1v) is 6.32. The molecule has 0 spiro atoms. The SMILES string of the molecule is O=C(O)C(CC(=O)N1CCOCC1)c1ccccc1. The first-order chi connectivity index (χ1) is 9.18. The van der Waals surface area contributed by atoms with E-state index < -0.39 is 11.9 Å². The highest BCUT2D eigenvalue weighted by molar-refractivity contribution is 5.85. The van der Waals surface area contributed by atoms with Gasteiger partial charge in [-0.25, -0.2) is 0 Å². The summed E-state index contributed by atoms with van der Waals surface area (Å²) in [5, 5.41) is 9.28. The smallest absolute Gasteiger partial charge is 0.311 e. The van der Waals surface area contributed by atoms with Crippen molar-refractivity contribution in [1.29, 1.82) is 0 Å². The van der Waals surface area contributed by atoms with Gasteiger partial charge in [-0.05, 0) is 5.56 Å². The number of carboxylic acid groups (broad SMARTS) is 1. The Hall–Kier alpha value is -1.88. The number of hydrogen-bond donors (Lipinski definition) is 1.